The standard InChI is InChI=1S/C18H18F3N3O3/c1-17(2)12-6-7-13-22-23(16(26)24(13)14(12)15(25)27-17)9-10-4-3-5-11(8-10)18(19,20)21/h3-5,8,12,14H,6-7,9H2,1-2H3. The number of fused-ring (bicyclic) bond motifs is 3. The van der Waals surface area contributed by atoms with Crippen molar-refractivity contribution >= 4 is 5.97 Å². The molecule has 6 nitrogen and oxygen atoms in total. The van der Waals surface area contributed by atoms with E-state index in [0.29, 0.717) is 24.2 Å². The van der Waals surface area contributed by atoms with Crippen LogP contribution in [0.4, 0.5) is 13.2 Å². The number of carbonyl (C=O) groups excluding carboxylic acids is 1. The van der Waals surface area contributed by atoms with E-state index in [2.05, 4.69) is 5.10 Å². The molecule has 27 heavy (non-hydrogen) atoms. The molecule has 0 spiro atoms. The normalized spacial score (nSPS) is 23.7. The van der Waals surface area contributed by atoms with Crippen molar-refractivity contribution in [2.24, 2.45) is 5.92 Å². The molecule has 2 aromatic rings. The molecule has 2 unspecified atom stereocenters. The van der Waals surface area contributed by atoms with Crippen LogP contribution in [0.15, 0.2) is 29.1 Å². The van der Waals surface area contributed by atoms with Crippen LogP contribution in [-0.2, 0) is 28.7 Å². The zero-order chi connectivity index (χ0) is 19.6. The molecule has 1 aromatic heterocycles. The van der Waals surface area contributed by atoms with Crippen molar-refractivity contribution in [3.63, 3.8) is 0 Å². The van der Waals surface area contributed by atoms with Crippen LogP contribution in [0.3, 0.4) is 0 Å². The number of nitrogens with zero attached hydrogens (tertiary/aromatic N) is 3. The Morgan fingerprint density at radius 2 is 2.04 bits per heavy atom. The van der Waals surface area contributed by atoms with Gasteiger partial charge in [0.1, 0.15) is 17.5 Å². The van der Waals surface area contributed by atoms with Crippen LogP contribution < -0.4 is 5.69 Å². The van der Waals surface area contributed by atoms with Crippen LogP contribution in [0.2, 0.25) is 0 Å². The maximum absolute atomic E-state index is 12.9. The second-order valence-electron chi connectivity index (χ2n) is 7.54. The Kier molecular flexibility index (Phi) is 3.77. The number of carbonyl (C=O) groups is 1. The fraction of sp³-hybridized carbons (Fsp3) is 0.500. The average Bonchev–Trinajstić information content (AvgIpc) is 3.01. The SMILES string of the molecule is CC1(C)OC(=O)C2C1CCc1nn(Cc3cccc(C(F)(F)F)c3)c(=O)n12. The maximum Gasteiger partial charge on any atom is 0.416 e. The summed E-state index contributed by atoms with van der Waals surface area (Å²) in [6.07, 6.45) is -3.30. The van der Waals surface area contributed by atoms with Crippen LogP contribution in [-0.4, -0.2) is 25.9 Å². The number of alkyl halides is 3. The first kappa shape index (κ1) is 17.8. The van der Waals surface area contributed by atoms with E-state index in [1.807, 2.05) is 13.8 Å². The second-order valence-corrected chi connectivity index (χ2v) is 7.54. The van der Waals surface area contributed by atoms with Gasteiger partial charge in [-0.3, -0.25) is 4.57 Å². The molecule has 1 saturated heterocycles. The van der Waals surface area contributed by atoms with E-state index in [9.17, 15) is 22.8 Å². The molecule has 0 bridgehead atoms. The van der Waals surface area contributed by atoms with E-state index in [4.69, 9.17) is 4.74 Å². The van der Waals surface area contributed by atoms with E-state index in [1.165, 1.54) is 16.7 Å². The molecule has 2 aliphatic heterocycles. The molecule has 0 N–H and O–H groups in total. The Morgan fingerprint density at radius 1 is 1.30 bits per heavy atom. The zero-order valence-electron chi connectivity index (χ0n) is 14.8. The highest BCUT2D eigenvalue weighted by Gasteiger charge is 2.53. The second kappa shape index (κ2) is 5.71. The maximum atomic E-state index is 12.9. The van der Waals surface area contributed by atoms with Crippen molar-refractivity contribution in [3.05, 3.63) is 51.7 Å². The van der Waals surface area contributed by atoms with Crippen LogP contribution in [0, 0.1) is 5.92 Å². The third kappa shape index (κ3) is 2.85. The molecule has 4 rings (SSSR count). The summed E-state index contributed by atoms with van der Waals surface area (Å²) in [7, 11) is 0. The molecule has 144 valence electrons. The van der Waals surface area contributed by atoms with Gasteiger partial charge in [0, 0.05) is 12.3 Å². The molecule has 2 atom stereocenters. The van der Waals surface area contributed by atoms with Gasteiger partial charge in [-0.1, -0.05) is 12.1 Å². The summed E-state index contributed by atoms with van der Waals surface area (Å²) in [6.45, 7) is 3.54. The lowest BCUT2D eigenvalue weighted by Gasteiger charge is -2.29. The molecule has 9 heteroatoms. The topological polar surface area (TPSA) is 66.1 Å². The summed E-state index contributed by atoms with van der Waals surface area (Å²) >= 11 is 0. The van der Waals surface area contributed by atoms with Crippen molar-refractivity contribution < 1.29 is 22.7 Å². The third-order valence-electron chi connectivity index (χ3n) is 5.36. The molecular formula is C18H18F3N3O3. The van der Waals surface area contributed by atoms with Gasteiger partial charge in [0.2, 0.25) is 0 Å². The van der Waals surface area contributed by atoms with Crippen LogP contribution >= 0.6 is 0 Å². The summed E-state index contributed by atoms with van der Waals surface area (Å²) < 4.78 is 46.6. The summed E-state index contributed by atoms with van der Waals surface area (Å²) in [4.78, 5) is 25.2. The van der Waals surface area contributed by atoms with Crippen molar-refractivity contribution in [1.82, 2.24) is 14.3 Å². The Labute approximate surface area is 152 Å². The Hall–Kier alpha value is -2.58. The van der Waals surface area contributed by atoms with Gasteiger partial charge >= 0.3 is 17.8 Å². The molecule has 0 saturated carbocycles. The fourth-order valence-corrected chi connectivity index (χ4v) is 4.05. The quantitative estimate of drug-likeness (QED) is 0.750. The monoisotopic (exact) mass is 381 g/mol. The number of hydrogen-bond donors (Lipinski definition) is 0. The number of cyclic esters (lactones) is 1. The van der Waals surface area contributed by atoms with Crippen LogP contribution in [0.25, 0.3) is 0 Å². The van der Waals surface area contributed by atoms with E-state index in [0.717, 1.165) is 16.8 Å². The lowest BCUT2D eigenvalue weighted by atomic mass is 9.81. The van der Waals surface area contributed by atoms with Gasteiger partial charge in [0.15, 0.2) is 0 Å². The number of hydrogen-bond acceptors (Lipinski definition) is 4. The number of halogens is 3. The number of benzene rings is 1. The highest BCUT2D eigenvalue weighted by atomic mass is 19.4. The lowest BCUT2D eigenvalue weighted by Crippen LogP contribution is -2.39. The van der Waals surface area contributed by atoms with Gasteiger partial charge in [-0.05, 0) is 38.0 Å². The molecule has 0 aliphatic carbocycles. The zero-order valence-corrected chi connectivity index (χ0v) is 14.8. The highest BCUT2D eigenvalue weighted by molar-refractivity contribution is 5.78. The largest absolute Gasteiger partial charge is 0.458 e. The van der Waals surface area contributed by atoms with Crippen molar-refractivity contribution in [2.75, 3.05) is 0 Å². The van der Waals surface area contributed by atoms with Crippen LogP contribution in [0.5, 0.6) is 0 Å². The molecule has 2 aliphatic rings. The van der Waals surface area contributed by atoms with Gasteiger partial charge in [-0.15, -0.1) is 0 Å². The van der Waals surface area contributed by atoms with Gasteiger partial charge < -0.3 is 4.74 Å². The smallest absolute Gasteiger partial charge is 0.416 e. The Morgan fingerprint density at radius 3 is 2.74 bits per heavy atom. The number of aromatic nitrogens is 3. The average molecular weight is 381 g/mol. The summed E-state index contributed by atoms with van der Waals surface area (Å²) in [5.41, 5.74) is -1.64. The number of ether oxygens (including phenoxy) is 1. The fourth-order valence-electron chi connectivity index (χ4n) is 4.05. The first-order valence-corrected chi connectivity index (χ1v) is 8.65. The predicted octanol–water partition coefficient (Wildman–Crippen LogP) is 2.55. The van der Waals surface area contributed by atoms with Crippen molar-refractivity contribution in [1.29, 1.82) is 0 Å². The van der Waals surface area contributed by atoms with Crippen LogP contribution in [0.1, 0.15) is 43.3 Å². The Balaban J connectivity index is 1.70. The molecule has 0 amide bonds. The van der Waals surface area contributed by atoms with Gasteiger partial charge in [-0.2, -0.15) is 18.3 Å². The third-order valence-corrected chi connectivity index (χ3v) is 5.36. The minimum Gasteiger partial charge on any atom is -0.458 e. The van der Waals surface area contributed by atoms with E-state index < -0.39 is 35.0 Å². The Bertz CT molecular complexity index is 974. The number of rotatable bonds is 2. The molecular weight excluding hydrogens is 363 g/mol. The summed E-state index contributed by atoms with van der Waals surface area (Å²) in [6, 6.07) is 4.06. The minimum absolute atomic E-state index is 0.0986. The highest BCUT2D eigenvalue weighted by Crippen LogP contribution is 2.44. The van der Waals surface area contributed by atoms with E-state index in [1.54, 1.807) is 0 Å². The number of aryl methyl sites for hydroxylation is 1. The lowest BCUT2D eigenvalue weighted by molar-refractivity contribution is -0.148. The molecule has 1 aromatic carbocycles. The van der Waals surface area contributed by atoms with E-state index in [-0.39, 0.29) is 12.5 Å². The summed E-state index contributed by atoms with van der Waals surface area (Å²) in [5, 5.41) is 4.26. The predicted molar refractivity (Wildman–Crippen MR) is 88.1 cm³/mol. The first-order chi connectivity index (χ1) is 12.6. The van der Waals surface area contributed by atoms with Crippen molar-refractivity contribution in [3.8, 4) is 0 Å². The van der Waals surface area contributed by atoms with Gasteiger partial charge in [-0.25, -0.2) is 14.3 Å². The van der Waals surface area contributed by atoms with E-state index >= 15 is 0 Å². The summed E-state index contributed by atoms with van der Waals surface area (Å²) in [5.74, 6) is -0.143. The first-order valence-electron chi connectivity index (χ1n) is 8.65. The van der Waals surface area contributed by atoms with Gasteiger partial charge in [0.05, 0.1) is 12.1 Å². The molecule has 3 heterocycles. The number of esters is 1. The van der Waals surface area contributed by atoms with Gasteiger partial charge in [0.25, 0.3) is 0 Å². The molecule has 1 fully saturated rings. The van der Waals surface area contributed by atoms with Crippen molar-refractivity contribution in [2.45, 2.75) is 51.1 Å². The molecule has 0 radical (unpaired) electrons. The minimum atomic E-state index is -4.46.